The Kier molecular flexibility index (Phi) is 5.60. The normalized spacial score (nSPS) is 15.5. The van der Waals surface area contributed by atoms with Gasteiger partial charge in [-0.2, -0.15) is 0 Å². The molecule has 1 saturated carbocycles. The Morgan fingerprint density at radius 1 is 1.25 bits per heavy atom. The average molecular weight is 274 g/mol. The van der Waals surface area contributed by atoms with Gasteiger partial charge < -0.3 is 10.6 Å². The molecule has 0 atom stereocenters. The lowest BCUT2D eigenvalue weighted by molar-refractivity contribution is 0.0680. The van der Waals surface area contributed by atoms with Crippen LogP contribution in [-0.4, -0.2) is 29.9 Å². The molecular weight excluding hydrogens is 248 g/mol. The number of nitrogens with two attached hydrogens (primary N) is 1. The number of carbonyl (C=O) groups excluding carboxylic acids is 1. The van der Waals surface area contributed by atoms with Crippen LogP contribution in [0.25, 0.3) is 0 Å². The number of hydrogen-bond acceptors (Lipinski definition) is 2. The van der Waals surface area contributed by atoms with E-state index in [0.717, 1.165) is 37.8 Å². The molecule has 110 valence electrons. The summed E-state index contributed by atoms with van der Waals surface area (Å²) in [6.45, 7) is 3.56. The first kappa shape index (κ1) is 15.0. The summed E-state index contributed by atoms with van der Waals surface area (Å²) in [5, 5.41) is 0. The number of benzene rings is 1. The van der Waals surface area contributed by atoms with Crippen LogP contribution in [0.4, 0.5) is 0 Å². The van der Waals surface area contributed by atoms with Gasteiger partial charge in [0.15, 0.2) is 0 Å². The van der Waals surface area contributed by atoms with Gasteiger partial charge in [0.2, 0.25) is 0 Å². The molecule has 0 heterocycles. The Hall–Kier alpha value is -1.35. The number of hydrogen-bond donors (Lipinski definition) is 1. The number of carbonyl (C=O) groups is 1. The fraction of sp³-hybridized carbons (Fsp3) is 0.588. The maximum absolute atomic E-state index is 12.7. The first-order valence-corrected chi connectivity index (χ1v) is 7.86. The molecule has 20 heavy (non-hydrogen) atoms. The second-order valence-electron chi connectivity index (χ2n) is 5.63. The number of nitrogens with zero attached hydrogens (tertiary/aromatic N) is 1. The lowest BCUT2D eigenvalue weighted by Gasteiger charge is -2.29. The summed E-state index contributed by atoms with van der Waals surface area (Å²) in [4.78, 5) is 14.8. The molecule has 1 fully saturated rings. The van der Waals surface area contributed by atoms with Gasteiger partial charge in [0.25, 0.3) is 5.91 Å². The lowest BCUT2D eigenvalue weighted by Crippen LogP contribution is -2.40. The van der Waals surface area contributed by atoms with Crippen molar-refractivity contribution < 1.29 is 4.79 Å². The van der Waals surface area contributed by atoms with Gasteiger partial charge in [-0.05, 0) is 49.9 Å². The van der Waals surface area contributed by atoms with Crippen molar-refractivity contribution in [2.24, 2.45) is 5.73 Å². The first-order valence-electron chi connectivity index (χ1n) is 7.86. The molecule has 0 bridgehead atoms. The van der Waals surface area contributed by atoms with Gasteiger partial charge in [-0.3, -0.25) is 4.79 Å². The summed E-state index contributed by atoms with van der Waals surface area (Å²) in [5.41, 5.74) is 7.70. The molecule has 0 spiro atoms. The summed E-state index contributed by atoms with van der Waals surface area (Å²) in [7, 11) is 0. The third-order valence-corrected chi connectivity index (χ3v) is 4.24. The molecule has 0 aromatic heterocycles. The van der Waals surface area contributed by atoms with Crippen molar-refractivity contribution in [1.29, 1.82) is 0 Å². The highest BCUT2D eigenvalue weighted by Crippen LogP contribution is 2.25. The van der Waals surface area contributed by atoms with E-state index in [1.54, 1.807) is 0 Å². The summed E-state index contributed by atoms with van der Waals surface area (Å²) in [5.74, 6) is 0.174. The molecule has 0 radical (unpaired) electrons. The van der Waals surface area contributed by atoms with Crippen molar-refractivity contribution in [2.75, 3.05) is 13.1 Å². The SMILES string of the molecule is CCc1ccc(C(=O)N(CCCN)C2CCCC2)cc1. The zero-order valence-electron chi connectivity index (χ0n) is 12.5. The first-order chi connectivity index (χ1) is 9.76. The predicted molar refractivity (Wildman–Crippen MR) is 82.8 cm³/mol. The van der Waals surface area contributed by atoms with E-state index in [-0.39, 0.29) is 5.91 Å². The van der Waals surface area contributed by atoms with Crippen LogP contribution in [0.3, 0.4) is 0 Å². The van der Waals surface area contributed by atoms with Crippen molar-refractivity contribution in [1.82, 2.24) is 4.90 Å². The molecule has 1 amide bonds. The monoisotopic (exact) mass is 274 g/mol. The Labute approximate surface area is 122 Å². The van der Waals surface area contributed by atoms with Crippen molar-refractivity contribution in [3.05, 3.63) is 35.4 Å². The van der Waals surface area contributed by atoms with Crippen LogP contribution in [0.1, 0.15) is 54.9 Å². The predicted octanol–water partition coefficient (Wildman–Crippen LogP) is 2.98. The van der Waals surface area contributed by atoms with Gasteiger partial charge in [-0.1, -0.05) is 31.9 Å². The summed E-state index contributed by atoms with van der Waals surface area (Å²) >= 11 is 0. The molecule has 0 unspecified atom stereocenters. The van der Waals surface area contributed by atoms with Crippen LogP contribution in [0, 0.1) is 0 Å². The van der Waals surface area contributed by atoms with E-state index in [1.807, 2.05) is 12.1 Å². The highest BCUT2D eigenvalue weighted by Gasteiger charge is 2.26. The molecule has 2 N–H and O–H groups in total. The molecule has 3 nitrogen and oxygen atoms in total. The van der Waals surface area contributed by atoms with Gasteiger partial charge in [0, 0.05) is 18.2 Å². The van der Waals surface area contributed by atoms with E-state index in [1.165, 1.54) is 18.4 Å². The number of rotatable bonds is 6. The summed E-state index contributed by atoms with van der Waals surface area (Å²) in [6.07, 6.45) is 6.66. The van der Waals surface area contributed by atoms with E-state index in [0.29, 0.717) is 12.6 Å². The topological polar surface area (TPSA) is 46.3 Å². The molecule has 1 aromatic carbocycles. The van der Waals surface area contributed by atoms with E-state index >= 15 is 0 Å². The second-order valence-corrected chi connectivity index (χ2v) is 5.63. The molecule has 2 rings (SSSR count). The fourth-order valence-corrected chi connectivity index (χ4v) is 2.98. The van der Waals surface area contributed by atoms with Crippen molar-refractivity contribution >= 4 is 5.91 Å². The zero-order chi connectivity index (χ0) is 14.4. The Bertz CT molecular complexity index is 421. The van der Waals surface area contributed by atoms with E-state index < -0.39 is 0 Å². The summed E-state index contributed by atoms with van der Waals surface area (Å²) < 4.78 is 0. The van der Waals surface area contributed by atoms with Gasteiger partial charge >= 0.3 is 0 Å². The summed E-state index contributed by atoms with van der Waals surface area (Å²) in [6, 6.07) is 8.46. The minimum atomic E-state index is 0.174. The highest BCUT2D eigenvalue weighted by atomic mass is 16.2. The van der Waals surface area contributed by atoms with Crippen LogP contribution in [0.2, 0.25) is 0 Å². The van der Waals surface area contributed by atoms with Crippen molar-refractivity contribution in [3.8, 4) is 0 Å². The van der Waals surface area contributed by atoms with Gasteiger partial charge in [-0.25, -0.2) is 0 Å². The Balaban J connectivity index is 2.11. The number of amides is 1. The third kappa shape index (κ3) is 3.60. The zero-order valence-corrected chi connectivity index (χ0v) is 12.5. The molecule has 0 aliphatic heterocycles. The average Bonchev–Trinajstić information content (AvgIpc) is 3.01. The van der Waals surface area contributed by atoms with Crippen LogP contribution in [0.5, 0.6) is 0 Å². The minimum absolute atomic E-state index is 0.174. The van der Waals surface area contributed by atoms with Crippen molar-refractivity contribution in [2.45, 2.75) is 51.5 Å². The Morgan fingerprint density at radius 3 is 2.45 bits per heavy atom. The fourth-order valence-electron chi connectivity index (χ4n) is 2.98. The minimum Gasteiger partial charge on any atom is -0.336 e. The molecule has 0 saturated heterocycles. The second kappa shape index (κ2) is 7.44. The van der Waals surface area contributed by atoms with E-state index in [2.05, 4.69) is 24.0 Å². The standard InChI is InChI=1S/C17H26N2O/c1-2-14-8-10-15(11-9-14)17(20)19(13-5-12-18)16-6-3-4-7-16/h8-11,16H,2-7,12-13,18H2,1H3. The van der Waals surface area contributed by atoms with Gasteiger partial charge in [0.1, 0.15) is 0 Å². The van der Waals surface area contributed by atoms with E-state index in [4.69, 9.17) is 5.73 Å². The van der Waals surface area contributed by atoms with Crippen LogP contribution >= 0.6 is 0 Å². The van der Waals surface area contributed by atoms with Crippen molar-refractivity contribution in [3.63, 3.8) is 0 Å². The van der Waals surface area contributed by atoms with Gasteiger partial charge in [0.05, 0.1) is 0 Å². The lowest BCUT2D eigenvalue weighted by atomic mass is 10.1. The quantitative estimate of drug-likeness (QED) is 0.867. The van der Waals surface area contributed by atoms with Gasteiger partial charge in [-0.15, -0.1) is 0 Å². The maximum Gasteiger partial charge on any atom is 0.254 e. The third-order valence-electron chi connectivity index (χ3n) is 4.24. The molecule has 3 heteroatoms. The van der Waals surface area contributed by atoms with Crippen LogP contribution < -0.4 is 5.73 Å². The van der Waals surface area contributed by atoms with E-state index in [9.17, 15) is 4.79 Å². The number of aryl methyl sites for hydroxylation is 1. The largest absolute Gasteiger partial charge is 0.336 e. The van der Waals surface area contributed by atoms with Crippen LogP contribution in [0.15, 0.2) is 24.3 Å². The molecule has 1 aliphatic carbocycles. The molecule has 1 aliphatic rings. The molecular formula is C17H26N2O. The van der Waals surface area contributed by atoms with Crippen LogP contribution in [-0.2, 0) is 6.42 Å². The smallest absolute Gasteiger partial charge is 0.254 e. The Morgan fingerprint density at radius 2 is 1.90 bits per heavy atom. The maximum atomic E-state index is 12.7. The highest BCUT2D eigenvalue weighted by molar-refractivity contribution is 5.94. The molecule has 1 aromatic rings.